The first-order chi connectivity index (χ1) is 10.9. The average Bonchev–Trinajstić information content (AvgIpc) is 2.97. The molecular weight excluding hydrogens is 338 g/mol. The Balaban J connectivity index is 1.96. The average molecular weight is 359 g/mol. The Kier molecular flexibility index (Phi) is 4.53. The second-order valence-electron chi connectivity index (χ2n) is 5.94. The molecule has 2 aliphatic rings. The molecule has 23 heavy (non-hydrogen) atoms. The van der Waals surface area contributed by atoms with Gasteiger partial charge in [0.15, 0.2) is 0 Å². The number of morpholine rings is 1. The molecule has 8 heteroatoms. The first-order valence-electron chi connectivity index (χ1n) is 7.67. The van der Waals surface area contributed by atoms with Gasteiger partial charge in [-0.05, 0) is 38.1 Å². The van der Waals surface area contributed by atoms with Crippen LogP contribution in [-0.4, -0.2) is 61.6 Å². The van der Waals surface area contributed by atoms with E-state index in [2.05, 4.69) is 9.89 Å². The molecule has 0 aliphatic carbocycles. The normalized spacial score (nSPS) is 25.6. The summed E-state index contributed by atoms with van der Waals surface area (Å²) in [6.07, 6.45) is 0.127. The van der Waals surface area contributed by atoms with Crippen LogP contribution < -0.4 is 5.32 Å². The van der Waals surface area contributed by atoms with E-state index in [9.17, 15) is 8.42 Å². The molecule has 0 saturated carbocycles. The van der Waals surface area contributed by atoms with E-state index in [-0.39, 0.29) is 17.1 Å². The van der Waals surface area contributed by atoms with Gasteiger partial charge in [-0.25, -0.2) is 0 Å². The van der Waals surface area contributed by atoms with Crippen molar-refractivity contribution in [1.29, 1.82) is 0 Å². The Labute approximate surface area is 141 Å². The molecule has 2 saturated heterocycles. The maximum Gasteiger partial charge on any atom is 0.363 e. The number of sulfonamides is 1. The summed E-state index contributed by atoms with van der Waals surface area (Å²) >= 11 is 5.86. The van der Waals surface area contributed by atoms with Gasteiger partial charge in [0.1, 0.15) is 11.4 Å². The highest BCUT2D eigenvalue weighted by molar-refractivity contribution is 7.89. The van der Waals surface area contributed by atoms with Crippen molar-refractivity contribution in [2.45, 2.75) is 31.0 Å². The summed E-state index contributed by atoms with van der Waals surface area (Å²) < 4.78 is 35.1. The molecule has 2 fully saturated rings. The zero-order valence-corrected chi connectivity index (χ0v) is 14.8. The summed E-state index contributed by atoms with van der Waals surface area (Å²) in [5.41, 5.74) is 0. The Morgan fingerprint density at radius 2 is 1.83 bits per heavy atom. The van der Waals surface area contributed by atoms with E-state index in [0.29, 0.717) is 37.2 Å². The molecule has 0 unspecified atom stereocenters. The highest BCUT2D eigenvalue weighted by Crippen LogP contribution is 2.20. The minimum absolute atomic E-state index is 0.0636. The molecule has 2 heterocycles. The van der Waals surface area contributed by atoms with Gasteiger partial charge in [0.25, 0.3) is 0 Å². The molecule has 126 valence electrons. The standard InChI is InChI=1S/C15H20ClN3O3S/c1-11-9-18(10-12(2)22-11)15-17-7-8-19(15)23(20,21)14-5-3-13(16)4-6-14/h3-6,11-12H,7-10H2,1-2H3/p+1/t11-,12-/m1/s1. The van der Waals surface area contributed by atoms with E-state index >= 15 is 0 Å². The quantitative estimate of drug-likeness (QED) is 0.804. The third-order valence-corrected chi connectivity index (χ3v) is 6.01. The van der Waals surface area contributed by atoms with Crippen molar-refractivity contribution in [2.24, 2.45) is 0 Å². The Hall–Kier alpha value is -1.31. The third kappa shape index (κ3) is 3.32. The molecule has 0 bridgehead atoms. The number of benzene rings is 1. The molecule has 0 spiro atoms. The van der Waals surface area contributed by atoms with Gasteiger partial charge in [0.05, 0.1) is 31.8 Å². The van der Waals surface area contributed by atoms with Crippen LogP contribution in [0.2, 0.25) is 5.02 Å². The highest BCUT2D eigenvalue weighted by atomic mass is 35.5. The van der Waals surface area contributed by atoms with Crippen molar-refractivity contribution in [1.82, 2.24) is 9.62 Å². The second kappa shape index (κ2) is 6.30. The van der Waals surface area contributed by atoms with E-state index in [0.717, 1.165) is 0 Å². The van der Waals surface area contributed by atoms with E-state index in [1.54, 1.807) is 12.1 Å². The summed E-state index contributed by atoms with van der Waals surface area (Å²) in [7, 11) is -3.60. The SMILES string of the molecule is C[C@@H]1C[N+](=C2NCCN2S(=O)(=O)c2ccc(Cl)cc2)C[C@@H](C)O1. The molecular formula is C15H21ClN3O3S+. The van der Waals surface area contributed by atoms with Crippen LogP contribution in [0.25, 0.3) is 0 Å². The summed E-state index contributed by atoms with van der Waals surface area (Å²) in [5.74, 6) is 0.641. The van der Waals surface area contributed by atoms with Crippen molar-refractivity contribution in [3.63, 3.8) is 0 Å². The minimum Gasteiger partial charge on any atom is -0.369 e. The van der Waals surface area contributed by atoms with Crippen LogP contribution in [0.4, 0.5) is 0 Å². The van der Waals surface area contributed by atoms with Crippen molar-refractivity contribution in [3.05, 3.63) is 29.3 Å². The monoisotopic (exact) mass is 358 g/mol. The molecule has 0 aromatic heterocycles. The summed E-state index contributed by atoms with van der Waals surface area (Å²) in [6.45, 7) is 6.34. The van der Waals surface area contributed by atoms with Crippen LogP contribution in [0.1, 0.15) is 13.8 Å². The third-order valence-electron chi connectivity index (χ3n) is 3.96. The first-order valence-corrected chi connectivity index (χ1v) is 9.49. The van der Waals surface area contributed by atoms with Gasteiger partial charge in [-0.1, -0.05) is 11.6 Å². The fraction of sp³-hybridized carbons (Fsp3) is 0.533. The van der Waals surface area contributed by atoms with Crippen LogP contribution in [-0.2, 0) is 14.8 Å². The molecule has 6 nitrogen and oxygen atoms in total. The lowest BCUT2D eigenvalue weighted by Crippen LogP contribution is -2.49. The molecule has 2 aliphatic heterocycles. The minimum atomic E-state index is -3.60. The van der Waals surface area contributed by atoms with Gasteiger partial charge in [-0.2, -0.15) is 12.7 Å². The van der Waals surface area contributed by atoms with E-state index in [1.165, 1.54) is 16.4 Å². The number of hydrogen-bond donors (Lipinski definition) is 1. The second-order valence-corrected chi connectivity index (χ2v) is 8.24. The number of halogens is 1. The van der Waals surface area contributed by atoms with Gasteiger partial charge >= 0.3 is 16.0 Å². The van der Waals surface area contributed by atoms with Crippen molar-refractivity contribution < 1.29 is 17.7 Å². The molecule has 0 amide bonds. The van der Waals surface area contributed by atoms with Crippen molar-refractivity contribution in [2.75, 3.05) is 26.2 Å². The molecule has 3 rings (SSSR count). The number of guanidine groups is 1. The smallest absolute Gasteiger partial charge is 0.363 e. The van der Waals surface area contributed by atoms with Gasteiger partial charge < -0.3 is 4.74 Å². The van der Waals surface area contributed by atoms with Crippen LogP contribution >= 0.6 is 11.6 Å². The number of rotatable bonds is 2. The lowest BCUT2D eigenvalue weighted by Gasteiger charge is -2.28. The Morgan fingerprint density at radius 1 is 1.22 bits per heavy atom. The number of ether oxygens (including phenoxy) is 1. The molecule has 1 aromatic rings. The van der Waals surface area contributed by atoms with Crippen LogP contribution in [0, 0.1) is 0 Å². The lowest BCUT2D eigenvalue weighted by molar-refractivity contribution is -0.571. The summed E-state index contributed by atoms with van der Waals surface area (Å²) in [4.78, 5) is 0.248. The van der Waals surface area contributed by atoms with Crippen LogP contribution in [0.3, 0.4) is 0 Å². The number of nitrogens with zero attached hydrogens (tertiary/aromatic N) is 2. The molecule has 1 aromatic carbocycles. The van der Waals surface area contributed by atoms with Gasteiger partial charge in [0.2, 0.25) is 0 Å². The summed E-state index contributed by atoms with van der Waals surface area (Å²) in [6, 6.07) is 6.27. The van der Waals surface area contributed by atoms with Gasteiger partial charge in [0, 0.05) is 5.02 Å². The predicted octanol–water partition coefficient (Wildman–Crippen LogP) is 1.11. The molecule has 1 N–H and O–H groups in total. The van der Waals surface area contributed by atoms with Crippen molar-refractivity contribution >= 4 is 27.6 Å². The molecule has 0 radical (unpaired) electrons. The largest absolute Gasteiger partial charge is 0.369 e. The van der Waals surface area contributed by atoms with Crippen LogP contribution in [0.15, 0.2) is 29.2 Å². The Bertz CT molecular complexity index is 706. The predicted molar refractivity (Wildman–Crippen MR) is 88.4 cm³/mol. The number of nitrogens with one attached hydrogen (secondary N) is 1. The Morgan fingerprint density at radius 3 is 2.43 bits per heavy atom. The van der Waals surface area contributed by atoms with E-state index in [4.69, 9.17) is 16.3 Å². The van der Waals surface area contributed by atoms with Gasteiger partial charge in [-0.15, -0.1) is 0 Å². The van der Waals surface area contributed by atoms with E-state index < -0.39 is 10.0 Å². The lowest BCUT2D eigenvalue weighted by atomic mass is 10.2. The molecule has 2 atom stereocenters. The van der Waals surface area contributed by atoms with Crippen molar-refractivity contribution in [3.8, 4) is 0 Å². The topological polar surface area (TPSA) is 61.7 Å². The maximum atomic E-state index is 12.9. The van der Waals surface area contributed by atoms with Crippen LogP contribution in [0.5, 0.6) is 0 Å². The maximum absolute atomic E-state index is 12.9. The first kappa shape index (κ1) is 16.5. The summed E-state index contributed by atoms with van der Waals surface area (Å²) in [5, 5.41) is 3.73. The fourth-order valence-corrected chi connectivity index (χ4v) is 4.65. The zero-order chi connectivity index (χ0) is 16.6. The van der Waals surface area contributed by atoms with E-state index in [1.807, 2.05) is 13.8 Å². The fourth-order valence-electron chi connectivity index (χ4n) is 3.05. The highest BCUT2D eigenvalue weighted by Gasteiger charge is 2.41. The van der Waals surface area contributed by atoms with Gasteiger partial charge in [-0.3, -0.25) is 9.89 Å². The zero-order valence-electron chi connectivity index (χ0n) is 13.2. The number of hydrogen-bond acceptors (Lipinski definition) is 3.